The number of nitrogens with zero attached hydrogens (tertiary/aromatic N) is 1. The molecule has 2 heterocycles. The van der Waals surface area contributed by atoms with Gasteiger partial charge in [0.2, 0.25) is 0 Å². The van der Waals surface area contributed by atoms with E-state index < -0.39 is 0 Å². The maximum Gasteiger partial charge on any atom is 0.151 e. The second-order valence-corrected chi connectivity index (χ2v) is 3.53. The Morgan fingerprint density at radius 2 is 2.42 bits per heavy atom. The third-order valence-electron chi connectivity index (χ3n) is 1.60. The molecule has 0 radical (unpaired) electrons. The third-order valence-corrected chi connectivity index (χ3v) is 3.02. The zero-order valence-corrected chi connectivity index (χ0v) is 7.52. The fourth-order valence-corrected chi connectivity index (χ4v) is 2.22. The minimum absolute atomic E-state index is 0.464. The Hall–Kier alpha value is -0.930. The summed E-state index contributed by atoms with van der Waals surface area (Å²) in [6.45, 7) is 0. The number of hydrogen-bond acceptors (Lipinski definition) is 3. The van der Waals surface area contributed by atoms with Gasteiger partial charge >= 0.3 is 0 Å². The van der Waals surface area contributed by atoms with Crippen LogP contribution in [0.1, 0.15) is 10.4 Å². The Balaban J connectivity index is 2.88. The van der Waals surface area contributed by atoms with E-state index in [0.29, 0.717) is 10.7 Å². The van der Waals surface area contributed by atoms with Gasteiger partial charge in [0.05, 0.1) is 4.70 Å². The van der Waals surface area contributed by atoms with Gasteiger partial charge in [-0.25, -0.2) is 4.98 Å². The van der Waals surface area contributed by atoms with Crippen LogP contribution < -0.4 is 0 Å². The lowest BCUT2D eigenvalue weighted by Gasteiger charge is -1.90. The molecule has 0 unspecified atom stereocenters. The van der Waals surface area contributed by atoms with Crippen molar-refractivity contribution in [3.8, 4) is 0 Å². The molecule has 2 nitrogen and oxygen atoms in total. The molecule has 0 bridgehead atoms. The van der Waals surface area contributed by atoms with Crippen molar-refractivity contribution in [1.82, 2.24) is 4.98 Å². The van der Waals surface area contributed by atoms with Crippen LogP contribution in [-0.4, -0.2) is 11.3 Å². The molecule has 2 aromatic rings. The molecular formula is C8H4ClNOS. The molecule has 2 rings (SSSR count). The number of fused-ring (bicyclic) bond motifs is 1. The Kier molecular flexibility index (Phi) is 1.83. The molecule has 0 aliphatic heterocycles. The van der Waals surface area contributed by atoms with Crippen molar-refractivity contribution in [3.63, 3.8) is 0 Å². The van der Waals surface area contributed by atoms with Crippen molar-refractivity contribution in [2.75, 3.05) is 0 Å². The van der Waals surface area contributed by atoms with Crippen LogP contribution in [0.5, 0.6) is 0 Å². The lowest BCUT2D eigenvalue weighted by Crippen LogP contribution is -1.76. The first-order chi connectivity index (χ1) is 5.83. The van der Waals surface area contributed by atoms with Gasteiger partial charge in [-0.1, -0.05) is 11.6 Å². The fraction of sp³-hybridized carbons (Fsp3) is 0. The lowest BCUT2D eigenvalue weighted by molar-refractivity contribution is 0.112. The van der Waals surface area contributed by atoms with E-state index in [1.165, 1.54) is 11.3 Å². The predicted octanol–water partition coefficient (Wildman–Crippen LogP) is 2.76. The van der Waals surface area contributed by atoms with Crippen LogP contribution in [-0.2, 0) is 0 Å². The Morgan fingerprint density at radius 3 is 3.17 bits per heavy atom. The third kappa shape index (κ3) is 1.02. The first-order valence-corrected chi connectivity index (χ1v) is 4.55. The van der Waals surface area contributed by atoms with Crippen LogP contribution in [0.2, 0.25) is 5.15 Å². The van der Waals surface area contributed by atoms with Gasteiger partial charge in [-0.2, -0.15) is 0 Å². The van der Waals surface area contributed by atoms with Crippen LogP contribution in [0.15, 0.2) is 17.6 Å². The molecule has 0 aromatic carbocycles. The summed E-state index contributed by atoms with van der Waals surface area (Å²) in [4.78, 5) is 14.5. The zero-order valence-electron chi connectivity index (χ0n) is 5.95. The molecule has 4 heteroatoms. The predicted molar refractivity (Wildman–Crippen MR) is 50.0 cm³/mol. The topological polar surface area (TPSA) is 30.0 Å². The van der Waals surface area contributed by atoms with Crippen molar-refractivity contribution in [1.29, 1.82) is 0 Å². The quantitative estimate of drug-likeness (QED) is 0.520. The molecule has 60 valence electrons. The first-order valence-electron chi connectivity index (χ1n) is 3.30. The standard InChI is InChI=1S/C8H4ClNOS/c9-8-7-6(1-2-10-8)5(3-11)4-12-7/h1-4H. The summed E-state index contributed by atoms with van der Waals surface area (Å²) in [7, 11) is 0. The van der Waals surface area contributed by atoms with Gasteiger partial charge in [0.1, 0.15) is 5.15 Å². The summed E-state index contributed by atoms with van der Waals surface area (Å²) in [5.74, 6) is 0. The van der Waals surface area contributed by atoms with Gasteiger partial charge in [-0.15, -0.1) is 11.3 Å². The Morgan fingerprint density at radius 1 is 1.58 bits per heavy atom. The summed E-state index contributed by atoms with van der Waals surface area (Å²) in [5.41, 5.74) is 0.680. The van der Waals surface area contributed by atoms with E-state index in [4.69, 9.17) is 11.6 Å². The average Bonchev–Trinajstić information content (AvgIpc) is 2.49. The summed E-state index contributed by atoms with van der Waals surface area (Å²) in [6, 6.07) is 1.79. The maximum absolute atomic E-state index is 10.5. The second-order valence-electron chi connectivity index (χ2n) is 2.29. The summed E-state index contributed by atoms with van der Waals surface area (Å²) < 4.78 is 0.876. The molecule has 12 heavy (non-hydrogen) atoms. The second kappa shape index (κ2) is 2.84. The smallest absolute Gasteiger partial charge is 0.151 e. The van der Waals surface area contributed by atoms with Crippen molar-refractivity contribution < 1.29 is 4.79 Å². The van der Waals surface area contributed by atoms with Gasteiger partial charge in [-0.3, -0.25) is 4.79 Å². The number of aldehydes is 1. The molecule has 0 aliphatic carbocycles. The highest BCUT2D eigenvalue weighted by Gasteiger charge is 2.05. The van der Waals surface area contributed by atoms with Crippen LogP contribution in [0.25, 0.3) is 10.1 Å². The van der Waals surface area contributed by atoms with Gasteiger partial charge in [-0.05, 0) is 6.07 Å². The normalized spacial score (nSPS) is 10.4. The van der Waals surface area contributed by atoms with E-state index >= 15 is 0 Å². The van der Waals surface area contributed by atoms with Crippen molar-refractivity contribution >= 4 is 39.3 Å². The Labute approximate surface area is 77.8 Å². The van der Waals surface area contributed by atoms with Crippen molar-refractivity contribution in [2.45, 2.75) is 0 Å². The van der Waals surface area contributed by atoms with Crippen LogP contribution >= 0.6 is 22.9 Å². The van der Waals surface area contributed by atoms with E-state index in [2.05, 4.69) is 4.98 Å². The van der Waals surface area contributed by atoms with Gasteiger partial charge in [0.15, 0.2) is 6.29 Å². The molecule has 2 aromatic heterocycles. The van der Waals surface area contributed by atoms with E-state index in [1.807, 2.05) is 0 Å². The van der Waals surface area contributed by atoms with E-state index in [1.54, 1.807) is 17.6 Å². The molecule has 0 spiro atoms. The zero-order chi connectivity index (χ0) is 8.55. The highest BCUT2D eigenvalue weighted by atomic mass is 35.5. The maximum atomic E-state index is 10.5. The summed E-state index contributed by atoms with van der Waals surface area (Å²) in [6.07, 6.45) is 2.43. The van der Waals surface area contributed by atoms with Gasteiger partial charge in [0, 0.05) is 22.5 Å². The molecule has 0 saturated heterocycles. The van der Waals surface area contributed by atoms with Crippen molar-refractivity contribution in [3.05, 3.63) is 28.4 Å². The van der Waals surface area contributed by atoms with E-state index in [9.17, 15) is 4.79 Å². The van der Waals surface area contributed by atoms with Crippen LogP contribution in [0.4, 0.5) is 0 Å². The number of pyridine rings is 1. The SMILES string of the molecule is O=Cc1csc2c(Cl)nccc12. The number of hydrogen-bond donors (Lipinski definition) is 0. The number of carbonyl (C=O) groups is 1. The summed E-state index contributed by atoms with van der Waals surface area (Å²) >= 11 is 7.25. The number of aromatic nitrogens is 1. The number of rotatable bonds is 1. The first kappa shape index (κ1) is 7.71. The molecule has 0 saturated carbocycles. The molecule has 0 aliphatic rings. The van der Waals surface area contributed by atoms with Crippen molar-refractivity contribution in [2.24, 2.45) is 0 Å². The monoisotopic (exact) mass is 197 g/mol. The van der Waals surface area contributed by atoms with E-state index in [-0.39, 0.29) is 0 Å². The Bertz CT molecular complexity index is 438. The van der Waals surface area contributed by atoms with Gasteiger partial charge < -0.3 is 0 Å². The average molecular weight is 198 g/mol. The lowest BCUT2D eigenvalue weighted by atomic mass is 10.2. The van der Waals surface area contributed by atoms with E-state index in [0.717, 1.165) is 16.4 Å². The molecular weight excluding hydrogens is 194 g/mol. The number of thiophene rings is 1. The molecule has 0 N–H and O–H groups in total. The molecule has 0 atom stereocenters. The number of halogens is 1. The van der Waals surface area contributed by atoms with Crippen LogP contribution in [0.3, 0.4) is 0 Å². The van der Waals surface area contributed by atoms with Crippen LogP contribution in [0, 0.1) is 0 Å². The number of carbonyl (C=O) groups excluding carboxylic acids is 1. The summed E-state index contributed by atoms with van der Waals surface area (Å²) in [5, 5.41) is 3.13. The minimum Gasteiger partial charge on any atom is -0.298 e. The largest absolute Gasteiger partial charge is 0.298 e. The molecule has 0 amide bonds. The highest BCUT2D eigenvalue weighted by molar-refractivity contribution is 7.18. The fourth-order valence-electron chi connectivity index (χ4n) is 1.04. The van der Waals surface area contributed by atoms with Gasteiger partial charge in [0.25, 0.3) is 0 Å². The highest BCUT2D eigenvalue weighted by Crippen LogP contribution is 2.29. The molecule has 0 fully saturated rings. The minimum atomic E-state index is 0.464.